The Labute approximate surface area is 115 Å². The van der Waals surface area contributed by atoms with Crippen LogP contribution in [0, 0.1) is 0 Å². The molecule has 0 aliphatic carbocycles. The number of ether oxygens (including phenoxy) is 1. The summed E-state index contributed by atoms with van der Waals surface area (Å²) in [6.07, 6.45) is -3.98. The van der Waals surface area contributed by atoms with Crippen LogP contribution in [0.25, 0.3) is 0 Å². The van der Waals surface area contributed by atoms with Gasteiger partial charge in [-0.2, -0.15) is 13.2 Å². The first-order chi connectivity index (χ1) is 9.38. The van der Waals surface area contributed by atoms with E-state index in [1.165, 1.54) is 0 Å². The second-order valence-corrected chi connectivity index (χ2v) is 4.26. The Bertz CT molecular complexity index is 410. The third-order valence-electron chi connectivity index (χ3n) is 2.45. The predicted molar refractivity (Wildman–Crippen MR) is 68.0 cm³/mol. The van der Waals surface area contributed by atoms with Gasteiger partial charge in [-0.25, -0.2) is 0 Å². The molecule has 0 radical (unpaired) electrons. The molecule has 0 bridgehead atoms. The van der Waals surface area contributed by atoms with Gasteiger partial charge in [0.05, 0.1) is 12.6 Å². The number of carbonyl (C=O) groups excluding carboxylic acids is 1. The molecule has 7 heteroatoms. The Hall–Kier alpha value is -1.60. The highest BCUT2D eigenvalue weighted by Gasteiger charge is 2.27. The summed E-state index contributed by atoms with van der Waals surface area (Å²) in [7, 11) is 0. The lowest BCUT2D eigenvalue weighted by Gasteiger charge is -2.13. The molecule has 1 amide bonds. The fourth-order valence-electron chi connectivity index (χ4n) is 1.53. The molecule has 0 unspecified atom stereocenters. The molecule has 112 valence electrons. The molecule has 0 saturated carbocycles. The predicted octanol–water partition coefficient (Wildman–Crippen LogP) is 1.25. The van der Waals surface area contributed by atoms with Gasteiger partial charge in [0.2, 0.25) is 5.91 Å². The topological polar surface area (TPSA) is 64.4 Å². The van der Waals surface area contributed by atoms with E-state index in [-0.39, 0.29) is 13.2 Å². The summed E-state index contributed by atoms with van der Waals surface area (Å²) < 4.78 is 39.7. The summed E-state index contributed by atoms with van der Waals surface area (Å²) in [6.45, 7) is -1.53. The van der Waals surface area contributed by atoms with E-state index < -0.39 is 24.7 Å². The molecule has 0 aliphatic heterocycles. The van der Waals surface area contributed by atoms with Crippen molar-refractivity contribution in [1.29, 1.82) is 0 Å². The van der Waals surface area contributed by atoms with Crippen LogP contribution in [-0.2, 0) is 16.0 Å². The molecule has 0 spiro atoms. The molecule has 3 N–H and O–H groups in total. The van der Waals surface area contributed by atoms with Crippen molar-refractivity contribution in [2.75, 3.05) is 19.8 Å². The van der Waals surface area contributed by atoms with Crippen molar-refractivity contribution in [1.82, 2.24) is 5.32 Å². The molecule has 1 atom stereocenters. The fourth-order valence-corrected chi connectivity index (χ4v) is 1.53. The number of benzene rings is 1. The van der Waals surface area contributed by atoms with E-state index >= 15 is 0 Å². The quantitative estimate of drug-likeness (QED) is 0.743. The first-order valence-corrected chi connectivity index (χ1v) is 6.10. The number of amides is 1. The van der Waals surface area contributed by atoms with Crippen LogP contribution in [0.4, 0.5) is 13.2 Å². The lowest BCUT2D eigenvalue weighted by atomic mass is 10.1. The van der Waals surface area contributed by atoms with Gasteiger partial charge < -0.3 is 15.8 Å². The van der Waals surface area contributed by atoms with Gasteiger partial charge in [-0.05, 0) is 12.0 Å². The first-order valence-electron chi connectivity index (χ1n) is 6.10. The minimum Gasteiger partial charge on any atom is -0.370 e. The summed E-state index contributed by atoms with van der Waals surface area (Å²) in [4.78, 5) is 11.6. The SMILES string of the molecule is N[C@@H](Cc1ccccc1)C(=O)NCCOCC(F)(F)F. The van der Waals surface area contributed by atoms with Crippen molar-refractivity contribution in [2.45, 2.75) is 18.6 Å². The minimum absolute atomic E-state index is 0.00258. The molecule has 20 heavy (non-hydrogen) atoms. The highest BCUT2D eigenvalue weighted by atomic mass is 19.4. The summed E-state index contributed by atoms with van der Waals surface area (Å²) in [6, 6.07) is 8.49. The van der Waals surface area contributed by atoms with Crippen LogP contribution >= 0.6 is 0 Å². The highest BCUT2D eigenvalue weighted by molar-refractivity contribution is 5.81. The Morgan fingerprint density at radius 3 is 2.55 bits per heavy atom. The van der Waals surface area contributed by atoms with E-state index in [4.69, 9.17) is 5.73 Å². The third-order valence-corrected chi connectivity index (χ3v) is 2.45. The van der Waals surface area contributed by atoms with Gasteiger partial charge in [0.15, 0.2) is 0 Å². The number of hydrogen-bond acceptors (Lipinski definition) is 3. The molecule has 0 aromatic heterocycles. The molecular formula is C13H17F3N2O2. The van der Waals surface area contributed by atoms with E-state index in [9.17, 15) is 18.0 Å². The summed E-state index contributed by atoms with van der Waals surface area (Å²) in [5.41, 5.74) is 6.62. The number of nitrogens with two attached hydrogens (primary N) is 1. The summed E-state index contributed by atoms with van der Waals surface area (Å²) >= 11 is 0. The standard InChI is InChI=1S/C13H17F3N2O2/c14-13(15,16)9-20-7-6-18-12(19)11(17)8-10-4-2-1-3-5-10/h1-5,11H,6-9,17H2,(H,18,19)/t11-/m0/s1. The lowest BCUT2D eigenvalue weighted by molar-refractivity contribution is -0.173. The number of nitrogens with one attached hydrogen (secondary N) is 1. The van der Waals surface area contributed by atoms with E-state index in [0.29, 0.717) is 6.42 Å². The van der Waals surface area contributed by atoms with Gasteiger partial charge in [0.1, 0.15) is 6.61 Å². The number of carbonyl (C=O) groups is 1. The zero-order valence-electron chi connectivity index (χ0n) is 10.8. The average Bonchev–Trinajstić information content (AvgIpc) is 2.38. The van der Waals surface area contributed by atoms with Crippen molar-refractivity contribution < 1.29 is 22.7 Å². The molecule has 1 rings (SSSR count). The highest BCUT2D eigenvalue weighted by Crippen LogP contribution is 2.13. The molecule has 0 fully saturated rings. The molecule has 0 saturated heterocycles. The zero-order valence-corrected chi connectivity index (χ0v) is 10.8. The van der Waals surface area contributed by atoms with Crippen LogP contribution < -0.4 is 11.1 Å². The maximum Gasteiger partial charge on any atom is 0.411 e. The van der Waals surface area contributed by atoms with Gasteiger partial charge in [-0.3, -0.25) is 4.79 Å². The maximum atomic E-state index is 11.8. The van der Waals surface area contributed by atoms with Crippen molar-refractivity contribution >= 4 is 5.91 Å². The zero-order chi connectivity index (χ0) is 15.0. The Kier molecular flexibility index (Phi) is 6.47. The molecule has 0 aliphatic rings. The molecule has 1 aromatic carbocycles. The molecular weight excluding hydrogens is 273 g/mol. The van der Waals surface area contributed by atoms with Gasteiger partial charge in [0.25, 0.3) is 0 Å². The number of alkyl halides is 3. The minimum atomic E-state index is -4.35. The number of halogens is 3. The van der Waals surface area contributed by atoms with Gasteiger partial charge >= 0.3 is 6.18 Å². The lowest BCUT2D eigenvalue weighted by Crippen LogP contribution is -2.43. The van der Waals surface area contributed by atoms with Crippen LogP contribution in [0.3, 0.4) is 0 Å². The Balaban J connectivity index is 2.19. The van der Waals surface area contributed by atoms with Crippen molar-refractivity contribution in [3.05, 3.63) is 35.9 Å². The van der Waals surface area contributed by atoms with Crippen molar-refractivity contribution in [3.8, 4) is 0 Å². The van der Waals surface area contributed by atoms with Crippen LogP contribution in [0.5, 0.6) is 0 Å². The summed E-state index contributed by atoms with van der Waals surface area (Å²) in [5, 5.41) is 2.43. The van der Waals surface area contributed by atoms with E-state index in [1.807, 2.05) is 30.3 Å². The van der Waals surface area contributed by atoms with Crippen molar-refractivity contribution in [3.63, 3.8) is 0 Å². The molecule has 1 aromatic rings. The number of hydrogen-bond donors (Lipinski definition) is 2. The van der Waals surface area contributed by atoms with E-state index in [0.717, 1.165) is 5.56 Å². The smallest absolute Gasteiger partial charge is 0.370 e. The van der Waals surface area contributed by atoms with Gasteiger partial charge in [-0.15, -0.1) is 0 Å². The molecule has 4 nitrogen and oxygen atoms in total. The van der Waals surface area contributed by atoms with Gasteiger partial charge in [0, 0.05) is 6.54 Å². The monoisotopic (exact) mass is 290 g/mol. The second kappa shape index (κ2) is 7.86. The van der Waals surface area contributed by atoms with E-state index in [2.05, 4.69) is 10.1 Å². The van der Waals surface area contributed by atoms with Crippen LogP contribution in [0.2, 0.25) is 0 Å². The van der Waals surface area contributed by atoms with Gasteiger partial charge in [-0.1, -0.05) is 30.3 Å². The summed E-state index contributed by atoms with van der Waals surface area (Å²) in [5.74, 6) is -0.413. The first kappa shape index (κ1) is 16.5. The van der Waals surface area contributed by atoms with Crippen LogP contribution in [0.1, 0.15) is 5.56 Å². The maximum absolute atomic E-state index is 11.8. The number of rotatable bonds is 7. The van der Waals surface area contributed by atoms with Crippen LogP contribution in [0.15, 0.2) is 30.3 Å². The fraction of sp³-hybridized carbons (Fsp3) is 0.462. The third kappa shape index (κ3) is 7.10. The normalized spacial score (nSPS) is 13.0. The van der Waals surface area contributed by atoms with Crippen LogP contribution in [-0.4, -0.2) is 37.9 Å². The van der Waals surface area contributed by atoms with Crippen molar-refractivity contribution in [2.24, 2.45) is 5.73 Å². The Morgan fingerprint density at radius 2 is 1.95 bits per heavy atom. The Morgan fingerprint density at radius 1 is 1.30 bits per heavy atom. The van der Waals surface area contributed by atoms with E-state index in [1.54, 1.807) is 0 Å². The largest absolute Gasteiger partial charge is 0.411 e. The molecule has 0 heterocycles. The average molecular weight is 290 g/mol. The second-order valence-electron chi connectivity index (χ2n) is 4.26.